The van der Waals surface area contributed by atoms with Crippen molar-refractivity contribution < 1.29 is 0 Å². The van der Waals surface area contributed by atoms with Gasteiger partial charge in [0, 0.05) is 12.6 Å². The van der Waals surface area contributed by atoms with Crippen LogP contribution in [0.25, 0.3) is 11.0 Å². The van der Waals surface area contributed by atoms with Crippen molar-refractivity contribution in [2.45, 2.75) is 12.5 Å². The van der Waals surface area contributed by atoms with Crippen LogP contribution < -0.4 is 10.6 Å². The minimum Gasteiger partial charge on any atom is -0.352 e. The van der Waals surface area contributed by atoms with Crippen LogP contribution in [-0.2, 0) is 0 Å². The molecule has 0 bridgehead atoms. The van der Waals surface area contributed by atoms with Crippen molar-refractivity contribution in [3.8, 4) is 0 Å². The molecular formula is C11H15ClN4. The van der Waals surface area contributed by atoms with Crippen LogP contribution in [0.3, 0.4) is 0 Å². The molecule has 16 heavy (non-hydrogen) atoms. The summed E-state index contributed by atoms with van der Waals surface area (Å²) < 4.78 is 0. The van der Waals surface area contributed by atoms with Crippen LogP contribution in [0.1, 0.15) is 6.42 Å². The summed E-state index contributed by atoms with van der Waals surface area (Å²) in [6.45, 7) is 2.12. The van der Waals surface area contributed by atoms with Gasteiger partial charge in [-0.05, 0) is 25.1 Å². The summed E-state index contributed by atoms with van der Waals surface area (Å²) in [6.07, 6.45) is 1.16. The monoisotopic (exact) mass is 238 g/mol. The van der Waals surface area contributed by atoms with E-state index in [9.17, 15) is 0 Å². The molecule has 0 amide bonds. The average molecular weight is 239 g/mol. The van der Waals surface area contributed by atoms with Gasteiger partial charge in [0.2, 0.25) is 5.95 Å². The fourth-order valence-corrected chi connectivity index (χ4v) is 1.99. The summed E-state index contributed by atoms with van der Waals surface area (Å²) in [5.41, 5.74) is 2.11. The Hall–Kier alpha value is -1.26. The predicted molar refractivity (Wildman–Crippen MR) is 68.2 cm³/mol. The van der Waals surface area contributed by atoms with E-state index in [2.05, 4.69) is 20.6 Å². The Morgan fingerprint density at radius 3 is 2.94 bits per heavy atom. The van der Waals surface area contributed by atoms with Gasteiger partial charge >= 0.3 is 0 Å². The molecule has 5 heteroatoms. The zero-order chi connectivity index (χ0) is 10.1. The molecule has 1 fully saturated rings. The number of hydrogen-bond donors (Lipinski definition) is 3. The second-order valence-corrected chi connectivity index (χ2v) is 3.94. The van der Waals surface area contributed by atoms with E-state index in [0.717, 1.165) is 36.5 Å². The van der Waals surface area contributed by atoms with Crippen molar-refractivity contribution >= 4 is 29.4 Å². The lowest BCUT2D eigenvalue weighted by molar-refractivity contribution is 0.784. The Labute approximate surface area is 100 Å². The van der Waals surface area contributed by atoms with Crippen molar-refractivity contribution in [1.82, 2.24) is 15.3 Å². The van der Waals surface area contributed by atoms with Crippen LogP contribution in [-0.4, -0.2) is 29.1 Å². The average Bonchev–Trinajstić information content (AvgIpc) is 2.86. The minimum atomic E-state index is 0. The maximum absolute atomic E-state index is 4.48. The SMILES string of the molecule is Cl.c1ccc2[nH]c(NC3CCNC3)nc2c1. The molecule has 1 unspecified atom stereocenters. The first kappa shape index (κ1) is 11.2. The molecule has 3 N–H and O–H groups in total. The van der Waals surface area contributed by atoms with Gasteiger partial charge in [-0.1, -0.05) is 12.1 Å². The second kappa shape index (κ2) is 4.72. The van der Waals surface area contributed by atoms with Gasteiger partial charge in [-0.3, -0.25) is 0 Å². The van der Waals surface area contributed by atoms with E-state index < -0.39 is 0 Å². The molecule has 2 heterocycles. The molecule has 1 saturated heterocycles. The standard InChI is InChI=1S/C11H14N4.ClH/c1-2-4-10-9(3-1)14-11(15-10)13-8-5-6-12-7-8;/h1-4,8,12H,5-7H2,(H2,13,14,15);1H. The first-order valence-electron chi connectivity index (χ1n) is 5.34. The number of aromatic nitrogens is 2. The third kappa shape index (κ3) is 2.13. The zero-order valence-corrected chi connectivity index (χ0v) is 9.68. The first-order chi connectivity index (χ1) is 7.42. The largest absolute Gasteiger partial charge is 0.352 e. The number of hydrogen-bond acceptors (Lipinski definition) is 3. The molecule has 0 spiro atoms. The maximum atomic E-state index is 4.48. The highest BCUT2D eigenvalue weighted by molar-refractivity contribution is 5.85. The normalized spacial score (nSPS) is 19.6. The molecule has 86 valence electrons. The van der Waals surface area contributed by atoms with E-state index >= 15 is 0 Å². The van der Waals surface area contributed by atoms with Gasteiger partial charge in [0.15, 0.2) is 0 Å². The quantitative estimate of drug-likeness (QED) is 0.747. The third-order valence-corrected chi connectivity index (χ3v) is 2.79. The highest BCUT2D eigenvalue weighted by Gasteiger charge is 2.15. The zero-order valence-electron chi connectivity index (χ0n) is 8.86. The summed E-state index contributed by atoms with van der Waals surface area (Å²) >= 11 is 0. The minimum absolute atomic E-state index is 0. The van der Waals surface area contributed by atoms with E-state index in [1.54, 1.807) is 0 Å². The number of aromatic amines is 1. The molecule has 3 rings (SSSR count). The Bertz CT molecular complexity index is 429. The summed E-state index contributed by atoms with van der Waals surface area (Å²) in [4.78, 5) is 7.75. The molecule has 0 saturated carbocycles. The predicted octanol–water partition coefficient (Wildman–Crippen LogP) is 1.76. The highest BCUT2D eigenvalue weighted by Crippen LogP contribution is 2.14. The number of benzene rings is 1. The Morgan fingerprint density at radius 2 is 2.19 bits per heavy atom. The van der Waals surface area contributed by atoms with Crippen molar-refractivity contribution in [2.75, 3.05) is 18.4 Å². The summed E-state index contributed by atoms with van der Waals surface area (Å²) in [6, 6.07) is 8.58. The Morgan fingerprint density at radius 1 is 1.31 bits per heavy atom. The molecule has 4 nitrogen and oxygen atoms in total. The van der Waals surface area contributed by atoms with Gasteiger partial charge in [-0.15, -0.1) is 12.4 Å². The number of nitrogens with zero attached hydrogens (tertiary/aromatic N) is 1. The lowest BCUT2D eigenvalue weighted by Gasteiger charge is -2.08. The second-order valence-electron chi connectivity index (χ2n) is 3.94. The summed E-state index contributed by atoms with van der Waals surface area (Å²) in [7, 11) is 0. The molecule has 1 aromatic heterocycles. The van der Waals surface area contributed by atoms with Gasteiger partial charge in [0.25, 0.3) is 0 Å². The third-order valence-electron chi connectivity index (χ3n) is 2.79. The van der Waals surface area contributed by atoms with Crippen LogP contribution in [0.4, 0.5) is 5.95 Å². The van der Waals surface area contributed by atoms with Gasteiger partial charge in [-0.2, -0.15) is 0 Å². The summed E-state index contributed by atoms with van der Waals surface area (Å²) in [5, 5.41) is 6.72. The fraction of sp³-hybridized carbons (Fsp3) is 0.364. The maximum Gasteiger partial charge on any atom is 0.201 e. The van der Waals surface area contributed by atoms with Crippen LogP contribution in [0.5, 0.6) is 0 Å². The van der Waals surface area contributed by atoms with E-state index in [4.69, 9.17) is 0 Å². The van der Waals surface area contributed by atoms with Crippen LogP contribution in [0.2, 0.25) is 0 Å². The van der Waals surface area contributed by atoms with Crippen LogP contribution in [0.15, 0.2) is 24.3 Å². The number of anilines is 1. The van der Waals surface area contributed by atoms with Crippen LogP contribution in [0, 0.1) is 0 Å². The number of rotatable bonds is 2. The lowest BCUT2D eigenvalue weighted by atomic mass is 10.3. The number of imidazole rings is 1. The van der Waals surface area contributed by atoms with Crippen molar-refractivity contribution in [1.29, 1.82) is 0 Å². The van der Waals surface area contributed by atoms with Crippen molar-refractivity contribution in [3.05, 3.63) is 24.3 Å². The van der Waals surface area contributed by atoms with E-state index in [-0.39, 0.29) is 12.4 Å². The number of nitrogens with one attached hydrogen (secondary N) is 3. The van der Waals surface area contributed by atoms with Gasteiger partial charge in [0.05, 0.1) is 11.0 Å². The van der Waals surface area contributed by atoms with E-state index in [0.29, 0.717) is 6.04 Å². The number of fused-ring (bicyclic) bond motifs is 1. The summed E-state index contributed by atoms with van der Waals surface area (Å²) in [5.74, 6) is 0.880. The molecule has 1 atom stereocenters. The molecule has 1 aliphatic rings. The first-order valence-corrected chi connectivity index (χ1v) is 5.34. The van der Waals surface area contributed by atoms with E-state index in [1.807, 2.05) is 24.3 Å². The molecular weight excluding hydrogens is 224 g/mol. The molecule has 2 aromatic rings. The topological polar surface area (TPSA) is 52.7 Å². The molecule has 1 aliphatic heterocycles. The Balaban J connectivity index is 0.000000963. The lowest BCUT2D eigenvalue weighted by Crippen LogP contribution is -2.22. The highest BCUT2D eigenvalue weighted by atomic mass is 35.5. The van der Waals surface area contributed by atoms with Crippen molar-refractivity contribution in [2.24, 2.45) is 0 Å². The van der Waals surface area contributed by atoms with Crippen LogP contribution >= 0.6 is 12.4 Å². The molecule has 1 aromatic carbocycles. The van der Waals surface area contributed by atoms with E-state index in [1.165, 1.54) is 0 Å². The van der Waals surface area contributed by atoms with Gasteiger partial charge < -0.3 is 15.6 Å². The van der Waals surface area contributed by atoms with Gasteiger partial charge in [-0.25, -0.2) is 4.98 Å². The fourth-order valence-electron chi connectivity index (χ4n) is 1.99. The smallest absolute Gasteiger partial charge is 0.201 e. The molecule has 0 radical (unpaired) electrons. The molecule has 0 aliphatic carbocycles. The number of halogens is 1. The number of H-pyrrole nitrogens is 1. The van der Waals surface area contributed by atoms with Crippen molar-refractivity contribution in [3.63, 3.8) is 0 Å². The number of para-hydroxylation sites is 2. The van der Waals surface area contributed by atoms with Gasteiger partial charge in [0.1, 0.15) is 0 Å². The Kier molecular flexibility index (Phi) is 3.31.